The van der Waals surface area contributed by atoms with Gasteiger partial charge in [-0.2, -0.15) is 23.4 Å². The number of halogens is 3. The first-order valence-electron chi connectivity index (χ1n) is 6.72. The number of amides is 1. The van der Waals surface area contributed by atoms with E-state index in [-0.39, 0.29) is 12.2 Å². The van der Waals surface area contributed by atoms with Crippen LogP contribution in [0.4, 0.5) is 13.2 Å². The standard InChI is InChI=1S/C14H12F3N5O/c1-22-11(5-12(21-22)14(15,16)17)7-2-3-8-9(4-7)10(6-18)19-20-13(8)23/h2-5,10H,6,18H2,1H3. The van der Waals surface area contributed by atoms with Gasteiger partial charge in [-0.05, 0) is 23.8 Å². The van der Waals surface area contributed by atoms with Crippen LogP contribution in [0.15, 0.2) is 34.5 Å². The number of nitrogens with zero attached hydrogens (tertiary/aromatic N) is 4. The Bertz CT molecular complexity index is 809. The summed E-state index contributed by atoms with van der Waals surface area (Å²) in [7, 11) is 1.43. The van der Waals surface area contributed by atoms with Gasteiger partial charge >= 0.3 is 6.18 Å². The fourth-order valence-electron chi connectivity index (χ4n) is 2.48. The lowest BCUT2D eigenvalue weighted by molar-refractivity contribution is -0.141. The Kier molecular flexibility index (Phi) is 3.52. The summed E-state index contributed by atoms with van der Waals surface area (Å²) in [5.41, 5.74) is 6.33. The highest BCUT2D eigenvalue weighted by atomic mass is 19.4. The summed E-state index contributed by atoms with van der Waals surface area (Å²) in [6.45, 7) is 0.145. The molecule has 2 aromatic rings. The number of fused-ring (bicyclic) bond motifs is 1. The average molecular weight is 323 g/mol. The van der Waals surface area contributed by atoms with Crippen molar-refractivity contribution in [1.29, 1.82) is 0 Å². The number of benzene rings is 1. The third kappa shape index (κ3) is 2.63. The van der Waals surface area contributed by atoms with Crippen molar-refractivity contribution in [3.8, 4) is 11.3 Å². The third-order valence-electron chi connectivity index (χ3n) is 3.62. The maximum atomic E-state index is 12.8. The molecule has 2 heterocycles. The molecule has 0 saturated carbocycles. The molecular formula is C14H12F3N5O. The van der Waals surface area contributed by atoms with Crippen molar-refractivity contribution in [1.82, 2.24) is 9.78 Å². The normalized spacial score (nSPS) is 17.4. The van der Waals surface area contributed by atoms with Crippen molar-refractivity contribution >= 4 is 5.91 Å². The third-order valence-corrected chi connectivity index (χ3v) is 3.62. The number of aryl methyl sites for hydroxylation is 1. The lowest BCUT2D eigenvalue weighted by Gasteiger charge is -2.17. The maximum Gasteiger partial charge on any atom is 0.435 e. The van der Waals surface area contributed by atoms with Crippen molar-refractivity contribution < 1.29 is 18.0 Å². The van der Waals surface area contributed by atoms with E-state index in [0.29, 0.717) is 16.7 Å². The number of azo groups is 1. The van der Waals surface area contributed by atoms with Crippen molar-refractivity contribution in [2.24, 2.45) is 23.0 Å². The second-order valence-electron chi connectivity index (χ2n) is 5.11. The Morgan fingerprint density at radius 2 is 2.04 bits per heavy atom. The topological polar surface area (TPSA) is 85.6 Å². The molecule has 0 fully saturated rings. The monoisotopic (exact) mass is 323 g/mol. The minimum Gasteiger partial charge on any atom is -0.328 e. The summed E-state index contributed by atoms with van der Waals surface area (Å²) in [5.74, 6) is -0.489. The molecule has 0 saturated heterocycles. The summed E-state index contributed by atoms with van der Waals surface area (Å²) in [4.78, 5) is 11.7. The summed E-state index contributed by atoms with van der Waals surface area (Å²) >= 11 is 0. The van der Waals surface area contributed by atoms with E-state index in [1.54, 1.807) is 12.1 Å². The molecule has 1 amide bonds. The molecule has 1 aromatic carbocycles. The Labute approximate surface area is 128 Å². The zero-order valence-electron chi connectivity index (χ0n) is 12.0. The van der Waals surface area contributed by atoms with Crippen molar-refractivity contribution in [2.75, 3.05) is 6.54 Å². The molecule has 0 spiro atoms. The molecule has 6 nitrogen and oxygen atoms in total. The molecule has 9 heteroatoms. The predicted octanol–water partition coefficient (Wildman–Crippen LogP) is 2.71. The van der Waals surface area contributed by atoms with Crippen LogP contribution < -0.4 is 5.73 Å². The number of aromatic nitrogens is 2. The summed E-state index contributed by atoms with van der Waals surface area (Å²) in [6.07, 6.45) is -4.52. The first-order valence-corrected chi connectivity index (χ1v) is 6.72. The van der Waals surface area contributed by atoms with Gasteiger partial charge in [0.25, 0.3) is 5.91 Å². The lowest BCUT2D eigenvalue weighted by Crippen LogP contribution is -2.17. The van der Waals surface area contributed by atoms with Crippen LogP contribution in [-0.4, -0.2) is 22.2 Å². The molecule has 3 rings (SSSR count). The molecule has 0 aliphatic carbocycles. The fourth-order valence-corrected chi connectivity index (χ4v) is 2.48. The molecule has 1 aliphatic heterocycles. The Morgan fingerprint density at radius 1 is 1.30 bits per heavy atom. The number of hydrogen-bond acceptors (Lipinski definition) is 4. The number of alkyl halides is 3. The minimum atomic E-state index is -4.52. The second kappa shape index (κ2) is 5.27. The highest BCUT2D eigenvalue weighted by Gasteiger charge is 2.35. The van der Waals surface area contributed by atoms with Gasteiger partial charge in [0, 0.05) is 24.7 Å². The molecule has 0 bridgehead atoms. The Morgan fingerprint density at radius 3 is 2.65 bits per heavy atom. The molecule has 1 atom stereocenters. The summed E-state index contributed by atoms with van der Waals surface area (Å²) < 4.78 is 39.5. The average Bonchev–Trinajstić information content (AvgIpc) is 2.89. The van der Waals surface area contributed by atoms with Crippen molar-refractivity contribution in [3.05, 3.63) is 41.1 Å². The van der Waals surface area contributed by atoms with Gasteiger partial charge in [-0.1, -0.05) is 6.07 Å². The van der Waals surface area contributed by atoms with E-state index in [1.165, 1.54) is 13.1 Å². The fraction of sp³-hybridized carbons (Fsp3) is 0.286. The van der Waals surface area contributed by atoms with Crippen LogP contribution in [0.3, 0.4) is 0 Å². The number of carbonyl (C=O) groups excluding carboxylic acids is 1. The number of nitrogens with two attached hydrogens (primary N) is 1. The SMILES string of the molecule is Cn1nc(C(F)(F)F)cc1-c1ccc2c(c1)C(CN)N=NC2=O. The highest BCUT2D eigenvalue weighted by Crippen LogP contribution is 2.34. The maximum absolute atomic E-state index is 12.8. The van der Waals surface area contributed by atoms with E-state index in [9.17, 15) is 18.0 Å². The van der Waals surface area contributed by atoms with Gasteiger partial charge in [0.15, 0.2) is 5.69 Å². The smallest absolute Gasteiger partial charge is 0.328 e. The van der Waals surface area contributed by atoms with Crippen molar-refractivity contribution in [3.63, 3.8) is 0 Å². The molecule has 2 N–H and O–H groups in total. The zero-order chi connectivity index (χ0) is 16.8. The van der Waals surface area contributed by atoms with Crippen LogP contribution in [0.1, 0.15) is 27.7 Å². The lowest BCUT2D eigenvalue weighted by atomic mass is 9.95. The number of hydrogen-bond donors (Lipinski definition) is 1. The van der Waals surface area contributed by atoms with Crippen LogP contribution in [0, 0.1) is 0 Å². The zero-order valence-corrected chi connectivity index (χ0v) is 12.0. The van der Waals surface area contributed by atoms with Gasteiger partial charge in [-0.3, -0.25) is 9.48 Å². The van der Waals surface area contributed by atoms with E-state index in [0.717, 1.165) is 10.7 Å². The molecular weight excluding hydrogens is 311 g/mol. The van der Waals surface area contributed by atoms with Gasteiger partial charge in [-0.25, -0.2) is 0 Å². The van der Waals surface area contributed by atoms with Crippen LogP contribution in [0.2, 0.25) is 0 Å². The molecule has 1 unspecified atom stereocenters. The number of carbonyl (C=O) groups is 1. The largest absolute Gasteiger partial charge is 0.435 e. The van der Waals surface area contributed by atoms with Gasteiger partial charge in [0.05, 0.1) is 5.69 Å². The van der Waals surface area contributed by atoms with Gasteiger partial charge in [0.1, 0.15) is 6.04 Å². The van der Waals surface area contributed by atoms with Gasteiger partial charge < -0.3 is 5.73 Å². The summed E-state index contributed by atoms with van der Waals surface area (Å²) in [6, 6.07) is 5.17. The number of rotatable bonds is 2. The van der Waals surface area contributed by atoms with Crippen LogP contribution in [0.25, 0.3) is 11.3 Å². The second-order valence-corrected chi connectivity index (χ2v) is 5.11. The minimum absolute atomic E-state index is 0.145. The van der Waals surface area contributed by atoms with Gasteiger partial charge in [-0.15, -0.1) is 5.11 Å². The van der Waals surface area contributed by atoms with Crippen LogP contribution in [0.5, 0.6) is 0 Å². The van der Waals surface area contributed by atoms with Gasteiger partial charge in [0.2, 0.25) is 0 Å². The summed E-state index contributed by atoms with van der Waals surface area (Å²) in [5, 5.41) is 10.8. The Hall–Kier alpha value is -2.55. The molecule has 23 heavy (non-hydrogen) atoms. The predicted molar refractivity (Wildman–Crippen MR) is 74.6 cm³/mol. The Balaban J connectivity index is 2.10. The van der Waals surface area contributed by atoms with E-state index in [4.69, 9.17) is 5.73 Å². The molecule has 0 radical (unpaired) electrons. The van der Waals surface area contributed by atoms with E-state index < -0.39 is 23.8 Å². The molecule has 1 aromatic heterocycles. The van der Waals surface area contributed by atoms with Crippen LogP contribution >= 0.6 is 0 Å². The van der Waals surface area contributed by atoms with Crippen LogP contribution in [-0.2, 0) is 13.2 Å². The quantitative estimate of drug-likeness (QED) is 0.922. The molecule has 1 aliphatic rings. The first kappa shape index (κ1) is 15.3. The van der Waals surface area contributed by atoms with E-state index in [1.807, 2.05) is 0 Å². The highest BCUT2D eigenvalue weighted by molar-refractivity contribution is 5.97. The first-order chi connectivity index (χ1) is 10.8. The molecule has 120 valence electrons. The van der Waals surface area contributed by atoms with Crippen molar-refractivity contribution in [2.45, 2.75) is 12.2 Å². The van der Waals surface area contributed by atoms with E-state index >= 15 is 0 Å². The van der Waals surface area contributed by atoms with E-state index in [2.05, 4.69) is 15.3 Å².